The molecule has 0 radical (unpaired) electrons. The van der Waals surface area contributed by atoms with Gasteiger partial charge in [0.2, 0.25) is 0 Å². The van der Waals surface area contributed by atoms with Gasteiger partial charge in [-0.1, -0.05) is 6.07 Å². The minimum absolute atomic E-state index is 0.290. The molecular weight excluding hydrogens is 232 g/mol. The summed E-state index contributed by atoms with van der Waals surface area (Å²) in [6.45, 7) is 4.40. The quantitative estimate of drug-likeness (QED) is 0.575. The molecule has 0 heterocycles. The van der Waals surface area contributed by atoms with E-state index in [-0.39, 0.29) is 12.6 Å². The van der Waals surface area contributed by atoms with E-state index < -0.39 is 0 Å². The van der Waals surface area contributed by atoms with Crippen molar-refractivity contribution in [3.63, 3.8) is 0 Å². The van der Waals surface area contributed by atoms with Crippen molar-refractivity contribution in [1.82, 2.24) is 0 Å². The highest BCUT2D eigenvalue weighted by Crippen LogP contribution is 2.27. The molecular formula is C14H18O4. The van der Waals surface area contributed by atoms with Gasteiger partial charge in [0.25, 0.3) is 0 Å². The second kappa shape index (κ2) is 7.37. The highest BCUT2D eigenvalue weighted by atomic mass is 16.5. The van der Waals surface area contributed by atoms with E-state index >= 15 is 0 Å². The highest BCUT2D eigenvalue weighted by Gasteiger charge is 2.03. The molecule has 0 aliphatic rings. The van der Waals surface area contributed by atoms with Crippen LogP contribution in [0.1, 0.15) is 12.5 Å². The Hall–Kier alpha value is -1.97. The summed E-state index contributed by atoms with van der Waals surface area (Å²) in [7, 11) is 1.59. The minimum atomic E-state index is -0.364. The number of hydrogen-bond acceptors (Lipinski definition) is 4. The zero-order valence-electron chi connectivity index (χ0n) is 10.9. The van der Waals surface area contributed by atoms with Crippen molar-refractivity contribution in [2.24, 2.45) is 0 Å². The third-order valence-corrected chi connectivity index (χ3v) is 2.19. The fourth-order valence-corrected chi connectivity index (χ4v) is 1.37. The van der Waals surface area contributed by atoms with Gasteiger partial charge in [0.15, 0.2) is 11.5 Å². The normalized spacial score (nSPS) is 10.4. The van der Waals surface area contributed by atoms with Crippen LogP contribution in [0.4, 0.5) is 0 Å². The smallest absolute Gasteiger partial charge is 0.330 e. The fraction of sp³-hybridized carbons (Fsp3) is 0.357. The molecule has 4 heteroatoms. The Labute approximate surface area is 107 Å². The summed E-state index contributed by atoms with van der Waals surface area (Å²) >= 11 is 0. The van der Waals surface area contributed by atoms with Gasteiger partial charge < -0.3 is 14.2 Å². The molecule has 0 amide bonds. The number of carbonyl (C=O) groups is 1. The van der Waals surface area contributed by atoms with Gasteiger partial charge in [0.05, 0.1) is 13.7 Å². The van der Waals surface area contributed by atoms with Gasteiger partial charge in [-0.3, -0.25) is 0 Å². The summed E-state index contributed by atoms with van der Waals surface area (Å²) in [6, 6.07) is 5.67. The number of methoxy groups -OCH3 is 1. The van der Waals surface area contributed by atoms with Crippen molar-refractivity contribution in [1.29, 1.82) is 0 Å². The predicted molar refractivity (Wildman–Crippen MR) is 69.0 cm³/mol. The van der Waals surface area contributed by atoms with Crippen LogP contribution in [0.3, 0.4) is 0 Å². The number of benzene rings is 1. The van der Waals surface area contributed by atoms with Crippen molar-refractivity contribution >= 4 is 5.97 Å². The summed E-state index contributed by atoms with van der Waals surface area (Å²) in [5.74, 6) is 0.966. The zero-order valence-corrected chi connectivity index (χ0v) is 10.9. The molecule has 1 aromatic rings. The van der Waals surface area contributed by atoms with Crippen LogP contribution in [0.2, 0.25) is 0 Å². The largest absolute Gasteiger partial charge is 0.493 e. The molecule has 0 fully saturated rings. The van der Waals surface area contributed by atoms with Gasteiger partial charge in [-0.25, -0.2) is 4.79 Å². The van der Waals surface area contributed by atoms with Crippen LogP contribution in [0.25, 0.3) is 0 Å². The van der Waals surface area contributed by atoms with Crippen LogP contribution in [0, 0.1) is 6.92 Å². The highest BCUT2D eigenvalue weighted by molar-refractivity contribution is 5.81. The maximum Gasteiger partial charge on any atom is 0.330 e. The summed E-state index contributed by atoms with van der Waals surface area (Å²) in [4.78, 5) is 11.0. The average molecular weight is 250 g/mol. The molecule has 0 aliphatic heterocycles. The molecule has 18 heavy (non-hydrogen) atoms. The van der Waals surface area contributed by atoms with Crippen LogP contribution in [0.15, 0.2) is 30.4 Å². The lowest BCUT2D eigenvalue weighted by atomic mass is 10.2. The van der Waals surface area contributed by atoms with E-state index in [1.54, 1.807) is 20.1 Å². The topological polar surface area (TPSA) is 44.8 Å². The third kappa shape index (κ3) is 4.49. The number of aryl methyl sites for hydroxylation is 1. The van der Waals surface area contributed by atoms with Crippen LogP contribution in [-0.2, 0) is 9.53 Å². The molecule has 0 bridgehead atoms. The fourth-order valence-electron chi connectivity index (χ4n) is 1.37. The lowest BCUT2D eigenvalue weighted by Crippen LogP contribution is -2.01. The molecule has 0 aromatic heterocycles. The van der Waals surface area contributed by atoms with E-state index in [4.69, 9.17) is 14.2 Å². The molecule has 1 aromatic carbocycles. The van der Waals surface area contributed by atoms with E-state index in [2.05, 4.69) is 0 Å². The van der Waals surface area contributed by atoms with Crippen molar-refractivity contribution in [2.75, 3.05) is 20.3 Å². The molecule has 0 saturated carbocycles. The third-order valence-electron chi connectivity index (χ3n) is 2.19. The molecule has 4 nitrogen and oxygen atoms in total. The van der Waals surface area contributed by atoms with Crippen molar-refractivity contribution < 1.29 is 19.0 Å². The van der Waals surface area contributed by atoms with Crippen LogP contribution >= 0.6 is 0 Å². The second-order valence-corrected chi connectivity index (χ2v) is 3.62. The SMILES string of the molecule is CCOC(=O)/C=C/COc1ccc(C)cc1OC. The summed E-state index contributed by atoms with van der Waals surface area (Å²) in [6.07, 6.45) is 2.96. The van der Waals surface area contributed by atoms with E-state index in [9.17, 15) is 4.79 Å². The zero-order chi connectivity index (χ0) is 13.4. The van der Waals surface area contributed by atoms with Gasteiger partial charge in [0.1, 0.15) is 6.61 Å². The van der Waals surface area contributed by atoms with Crippen molar-refractivity contribution in [2.45, 2.75) is 13.8 Å². The Bertz CT molecular complexity index is 424. The second-order valence-electron chi connectivity index (χ2n) is 3.62. The number of hydrogen-bond donors (Lipinski definition) is 0. The van der Waals surface area contributed by atoms with Crippen LogP contribution in [-0.4, -0.2) is 26.3 Å². The first-order chi connectivity index (χ1) is 8.67. The van der Waals surface area contributed by atoms with Crippen molar-refractivity contribution in [3.8, 4) is 11.5 Å². The van der Waals surface area contributed by atoms with Gasteiger partial charge in [-0.05, 0) is 37.6 Å². The molecule has 98 valence electrons. The Morgan fingerprint density at radius 3 is 2.78 bits per heavy atom. The number of rotatable bonds is 6. The standard InChI is InChI=1S/C14H18O4/c1-4-17-14(15)6-5-9-18-12-8-7-11(2)10-13(12)16-3/h5-8,10H,4,9H2,1-3H3/b6-5+. The average Bonchev–Trinajstić information content (AvgIpc) is 2.36. The molecule has 1 rings (SSSR count). The first-order valence-corrected chi connectivity index (χ1v) is 5.78. The van der Waals surface area contributed by atoms with Gasteiger partial charge in [-0.15, -0.1) is 0 Å². The van der Waals surface area contributed by atoms with Crippen LogP contribution in [0.5, 0.6) is 11.5 Å². The van der Waals surface area contributed by atoms with Crippen LogP contribution < -0.4 is 9.47 Å². The molecule has 0 saturated heterocycles. The Balaban J connectivity index is 2.51. The molecule has 0 atom stereocenters. The first-order valence-electron chi connectivity index (χ1n) is 5.78. The van der Waals surface area contributed by atoms with E-state index in [0.717, 1.165) is 5.56 Å². The van der Waals surface area contributed by atoms with Gasteiger partial charge >= 0.3 is 5.97 Å². The Morgan fingerprint density at radius 1 is 1.33 bits per heavy atom. The molecule has 0 N–H and O–H groups in total. The molecule has 0 spiro atoms. The molecule has 0 unspecified atom stereocenters. The number of esters is 1. The summed E-state index contributed by atoms with van der Waals surface area (Å²) in [5.41, 5.74) is 1.10. The lowest BCUT2D eigenvalue weighted by Gasteiger charge is -2.09. The number of carbonyl (C=O) groups excluding carboxylic acids is 1. The first kappa shape index (κ1) is 14.1. The molecule has 0 aliphatic carbocycles. The monoisotopic (exact) mass is 250 g/mol. The van der Waals surface area contributed by atoms with E-state index in [1.807, 2.05) is 25.1 Å². The van der Waals surface area contributed by atoms with Gasteiger partial charge in [0, 0.05) is 6.08 Å². The predicted octanol–water partition coefficient (Wildman–Crippen LogP) is 2.50. The van der Waals surface area contributed by atoms with Gasteiger partial charge in [-0.2, -0.15) is 0 Å². The van der Waals surface area contributed by atoms with Crippen molar-refractivity contribution in [3.05, 3.63) is 35.9 Å². The Kier molecular flexibility index (Phi) is 5.77. The summed E-state index contributed by atoms with van der Waals surface area (Å²) in [5, 5.41) is 0. The minimum Gasteiger partial charge on any atom is -0.493 e. The number of ether oxygens (including phenoxy) is 3. The van der Waals surface area contributed by atoms with E-state index in [0.29, 0.717) is 18.1 Å². The Morgan fingerprint density at radius 2 is 2.11 bits per heavy atom. The maximum absolute atomic E-state index is 11.0. The summed E-state index contributed by atoms with van der Waals surface area (Å²) < 4.78 is 15.4. The lowest BCUT2D eigenvalue weighted by molar-refractivity contribution is -0.137. The maximum atomic E-state index is 11.0. The van der Waals surface area contributed by atoms with E-state index in [1.165, 1.54) is 6.08 Å².